The Morgan fingerprint density at radius 2 is 0.960 bits per heavy atom. The van der Waals surface area contributed by atoms with Crippen LogP contribution in [0.15, 0.2) is 103 Å². The van der Waals surface area contributed by atoms with Crippen molar-refractivity contribution >= 4 is 11.5 Å². The van der Waals surface area contributed by atoms with Gasteiger partial charge in [-0.05, 0) is 24.6 Å². The van der Waals surface area contributed by atoms with Crippen molar-refractivity contribution in [2.45, 2.75) is 12.3 Å². The molecule has 1 heterocycles. The number of hydrogen-bond donors (Lipinski definition) is 0. The van der Waals surface area contributed by atoms with E-state index >= 15 is 0 Å². The van der Waals surface area contributed by atoms with Crippen molar-refractivity contribution in [2.24, 2.45) is 0 Å². The standard InChI is InChI=1S/C24H20O/c1-24(21-15-9-4-10-16-21)17-22(19-11-5-2-6-12-19)25-23(18-24)20-13-7-3-8-14-20/h2-18H,1H3. The fourth-order valence-corrected chi connectivity index (χ4v) is 3.22. The quantitative estimate of drug-likeness (QED) is 0.569. The molecule has 1 nitrogen and oxygen atoms in total. The third-order valence-electron chi connectivity index (χ3n) is 4.59. The minimum Gasteiger partial charge on any atom is -0.457 e. The third-order valence-corrected chi connectivity index (χ3v) is 4.59. The zero-order chi connectivity index (χ0) is 17.1. The molecule has 0 atom stereocenters. The number of benzene rings is 3. The Morgan fingerprint density at radius 3 is 1.40 bits per heavy atom. The second-order valence-electron chi connectivity index (χ2n) is 6.50. The molecule has 1 aliphatic heterocycles. The molecule has 0 aliphatic carbocycles. The average Bonchev–Trinajstić information content (AvgIpc) is 2.70. The molecule has 1 heteroatoms. The summed E-state index contributed by atoms with van der Waals surface area (Å²) in [6.07, 6.45) is 4.42. The third kappa shape index (κ3) is 3.14. The molecule has 1 aliphatic rings. The van der Waals surface area contributed by atoms with Crippen molar-refractivity contribution in [3.05, 3.63) is 120 Å². The van der Waals surface area contributed by atoms with Crippen LogP contribution in [0.4, 0.5) is 0 Å². The highest BCUT2D eigenvalue weighted by Crippen LogP contribution is 2.40. The van der Waals surface area contributed by atoms with Gasteiger partial charge in [-0.25, -0.2) is 0 Å². The Labute approximate surface area is 148 Å². The van der Waals surface area contributed by atoms with Gasteiger partial charge in [0, 0.05) is 16.5 Å². The van der Waals surface area contributed by atoms with E-state index in [-0.39, 0.29) is 5.41 Å². The van der Waals surface area contributed by atoms with E-state index in [1.54, 1.807) is 0 Å². The summed E-state index contributed by atoms with van der Waals surface area (Å²) in [5.74, 6) is 1.79. The number of hydrogen-bond acceptors (Lipinski definition) is 1. The van der Waals surface area contributed by atoms with E-state index in [1.165, 1.54) is 5.56 Å². The molecule has 0 saturated carbocycles. The SMILES string of the molecule is CC1(c2ccccc2)C=C(c2ccccc2)OC(c2ccccc2)=C1. The number of ether oxygens (including phenoxy) is 1. The maximum absolute atomic E-state index is 6.30. The van der Waals surface area contributed by atoms with Crippen LogP contribution in [-0.2, 0) is 10.2 Å². The summed E-state index contributed by atoms with van der Waals surface area (Å²) in [6.45, 7) is 2.23. The molecule has 0 bridgehead atoms. The lowest BCUT2D eigenvalue weighted by molar-refractivity contribution is 0.446. The van der Waals surface area contributed by atoms with Crippen LogP contribution in [0.25, 0.3) is 11.5 Å². The molecule has 25 heavy (non-hydrogen) atoms. The van der Waals surface area contributed by atoms with Crippen LogP contribution in [0, 0.1) is 0 Å². The fraction of sp³-hybridized carbons (Fsp3) is 0.0833. The van der Waals surface area contributed by atoms with Crippen molar-refractivity contribution in [3.8, 4) is 0 Å². The average molecular weight is 324 g/mol. The summed E-state index contributed by atoms with van der Waals surface area (Å²) >= 11 is 0. The summed E-state index contributed by atoms with van der Waals surface area (Å²) in [5.41, 5.74) is 3.20. The molecule has 0 spiro atoms. The van der Waals surface area contributed by atoms with Gasteiger partial charge in [0.15, 0.2) is 0 Å². The predicted octanol–water partition coefficient (Wildman–Crippen LogP) is 6.06. The topological polar surface area (TPSA) is 9.23 Å². The largest absolute Gasteiger partial charge is 0.457 e. The van der Waals surface area contributed by atoms with E-state index in [1.807, 2.05) is 36.4 Å². The Balaban J connectivity index is 1.85. The summed E-state index contributed by atoms with van der Waals surface area (Å²) in [5, 5.41) is 0. The number of allylic oxidation sites excluding steroid dienone is 2. The molecular weight excluding hydrogens is 304 g/mol. The molecule has 3 aromatic carbocycles. The lowest BCUT2D eigenvalue weighted by Crippen LogP contribution is -2.21. The fourth-order valence-electron chi connectivity index (χ4n) is 3.22. The van der Waals surface area contributed by atoms with Gasteiger partial charge in [0.2, 0.25) is 0 Å². The van der Waals surface area contributed by atoms with E-state index in [9.17, 15) is 0 Å². The first-order valence-electron chi connectivity index (χ1n) is 8.54. The molecule has 0 N–H and O–H groups in total. The van der Waals surface area contributed by atoms with Crippen LogP contribution in [0.5, 0.6) is 0 Å². The van der Waals surface area contributed by atoms with Gasteiger partial charge in [0.05, 0.1) is 0 Å². The highest BCUT2D eigenvalue weighted by molar-refractivity contribution is 5.75. The zero-order valence-corrected chi connectivity index (χ0v) is 14.2. The summed E-state index contributed by atoms with van der Waals surface area (Å²) < 4.78 is 6.30. The van der Waals surface area contributed by atoms with Crippen LogP contribution >= 0.6 is 0 Å². The van der Waals surface area contributed by atoms with Crippen molar-refractivity contribution in [1.29, 1.82) is 0 Å². The summed E-state index contributed by atoms with van der Waals surface area (Å²) in [6, 6.07) is 31.1. The normalized spacial score (nSPS) is 15.7. The maximum Gasteiger partial charge on any atom is 0.131 e. The summed E-state index contributed by atoms with van der Waals surface area (Å²) in [7, 11) is 0. The molecule has 0 unspecified atom stereocenters. The Kier molecular flexibility index (Phi) is 3.99. The zero-order valence-electron chi connectivity index (χ0n) is 14.2. The van der Waals surface area contributed by atoms with Gasteiger partial charge >= 0.3 is 0 Å². The first kappa shape index (κ1) is 15.5. The van der Waals surface area contributed by atoms with Gasteiger partial charge in [0.1, 0.15) is 11.5 Å². The molecule has 3 aromatic rings. The van der Waals surface area contributed by atoms with Crippen molar-refractivity contribution in [1.82, 2.24) is 0 Å². The van der Waals surface area contributed by atoms with Crippen LogP contribution in [0.3, 0.4) is 0 Å². The monoisotopic (exact) mass is 324 g/mol. The summed E-state index contributed by atoms with van der Waals surface area (Å²) in [4.78, 5) is 0. The molecule has 0 amide bonds. The first-order chi connectivity index (χ1) is 12.2. The molecule has 4 rings (SSSR count). The first-order valence-corrected chi connectivity index (χ1v) is 8.54. The lowest BCUT2D eigenvalue weighted by atomic mass is 9.79. The highest BCUT2D eigenvalue weighted by atomic mass is 16.5. The van der Waals surface area contributed by atoms with Gasteiger partial charge < -0.3 is 4.74 Å². The van der Waals surface area contributed by atoms with Crippen LogP contribution < -0.4 is 0 Å². The highest BCUT2D eigenvalue weighted by Gasteiger charge is 2.29. The molecule has 122 valence electrons. The van der Waals surface area contributed by atoms with E-state index in [2.05, 4.69) is 73.7 Å². The molecule has 0 radical (unpaired) electrons. The minimum atomic E-state index is -0.226. The van der Waals surface area contributed by atoms with Gasteiger partial charge in [-0.15, -0.1) is 0 Å². The number of rotatable bonds is 3. The van der Waals surface area contributed by atoms with Crippen LogP contribution in [-0.4, -0.2) is 0 Å². The van der Waals surface area contributed by atoms with E-state index in [0.717, 1.165) is 22.6 Å². The van der Waals surface area contributed by atoms with Crippen molar-refractivity contribution < 1.29 is 4.74 Å². The van der Waals surface area contributed by atoms with Gasteiger partial charge in [-0.3, -0.25) is 0 Å². The molecule has 0 saturated heterocycles. The Bertz CT molecular complexity index is 851. The smallest absolute Gasteiger partial charge is 0.131 e. The Hall–Kier alpha value is -3.06. The Morgan fingerprint density at radius 1 is 0.560 bits per heavy atom. The van der Waals surface area contributed by atoms with Gasteiger partial charge in [-0.2, -0.15) is 0 Å². The predicted molar refractivity (Wildman–Crippen MR) is 104 cm³/mol. The lowest BCUT2D eigenvalue weighted by Gasteiger charge is -2.30. The van der Waals surface area contributed by atoms with Crippen molar-refractivity contribution in [3.63, 3.8) is 0 Å². The van der Waals surface area contributed by atoms with Crippen molar-refractivity contribution in [2.75, 3.05) is 0 Å². The van der Waals surface area contributed by atoms with E-state index < -0.39 is 0 Å². The van der Waals surface area contributed by atoms with E-state index in [4.69, 9.17) is 4.74 Å². The van der Waals surface area contributed by atoms with Crippen LogP contribution in [0.2, 0.25) is 0 Å². The minimum absolute atomic E-state index is 0.226. The molecule has 0 fully saturated rings. The van der Waals surface area contributed by atoms with E-state index in [0.29, 0.717) is 0 Å². The second kappa shape index (κ2) is 6.45. The molecule has 0 aromatic heterocycles. The molecular formula is C24H20O. The van der Waals surface area contributed by atoms with Gasteiger partial charge in [0.25, 0.3) is 0 Å². The maximum atomic E-state index is 6.30. The second-order valence-corrected chi connectivity index (χ2v) is 6.50. The van der Waals surface area contributed by atoms with Crippen LogP contribution in [0.1, 0.15) is 23.6 Å². The van der Waals surface area contributed by atoms with Gasteiger partial charge in [-0.1, -0.05) is 91.0 Å².